The number of para-hydroxylation sites is 1. The van der Waals surface area contributed by atoms with Gasteiger partial charge >= 0.3 is 0 Å². The van der Waals surface area contributed by atoms with Crippen LogP contribution in [-0.2, 0) is 26.2 Å². The number of amides is 2. The van der Waals surface area contributed by atoms with Crippen LogP contribution in [0.4, 0.5) is 10.1 Å². The third-order valence-electron chi connectivity index (χ3n) is 6.74. The summed E-state index contributed by atoms with van der Waals surface area (Å²) in [5.41, 5.74) is 2.11. The molecule has 0 aromatic heterocycles. The lowest BCUT2D eigenvalue weighted by Crippen LogP contribution is -2.52. The molecule has 0 saturated carbocycles. The molecule has 0 spiro atoms. The van der Waals surface area contributed by atoms with Crippen LogP contribution in [0.15, 0.2) is 77.7 Å². The van der Waals surface area contributed by atoms with E-state index in [1.165, 1.54) is 35.2 Å². The SMILES string of the molecule is CC[C@H](C)NC(=O)[C@@H](C)N(Cc1ccccc1F)C(=O)CN(c1ccccc1C)S(=O)(=O)c1ccc(C)cc1. The molecule has 0 unspecified atom stereocenters. The minimum atomic E-state index is -4.16. The number of sulfonamides is 1. The van der Waals surface area contributed by atoms with Gasteiger partial charge in [-0.1, -0.05) is 61.0 Å². The molecular weight excluding hydrogens is 517 g/mol. The van der Waals surface area contributed by atoms with E-state index < -0.39 is 40.2 Å². The minimum Gasteiger partial charge on any atom is -0.352 e. The molecule has 3 aromatic carbocycles. The molecule has 39 heavy (non-hydrogen) atoms. The highest BCUT2D eigenvalue weighted by molar-refractivity contribution is 7.92. The number of benzene rings is 3. The molecule has 0 saturated heterocycles. The summed E-state index contributed by atoms with van der Waals surface area (Å²) >= 11 is 0. The van der Waals surface area contributed by atoms with Crippen molar-refractivity contribution in [2.24, 2.45) is 0 Å². The van der Waals surface area contributed by atoms with Crippen LogP contribution in [0.5, 0.6) is 0 Å². The summed E-state index contributed by atoms with van der Waals surface area (Å²) < 4.78 is 43.4. The number of nitrogens with one attached hydrogen (secondary N) is 1. The van der Waals surface area contributed by atoms with Gasteiger partial charge in [0.2, 0.25) is 11.8 Å². The van der Waals surface area contributed by atoms with Crippen LogP contribution < -0.4 is 9.62 Å². The van der Waals surface area contributed by atoms with Crippen molar-refractivity contribution in [3.8, 4) is 0 Å². The van der Waals surface area contributed by atoms with Gasteiger partial charge in [0.1, 0.15) is 18.4 Å². The predicted octanol–water partition coefficient (Wildman–Crippen LogP) is 4.97. The van der Waals surface area contributed by atoms with Gasteiger partial charge in [-0.05, 0) is 63.9 Å². The highest BCUT2D eigenvalue weighted by Crippen LogP contribution is 2.27. The second kappa shape index (κ2) is 12.9. The van der Waals surface area contributed by atoms with Gasteiger partial charge in [-0.15, -0.1) is 0 Å². The van der Waals surface area contributed by atoms with E-state index in [2.05, 4.69) is 5.32 Å². The summed E-state index contributed by atoms with van der Waals surface area (Å²) in [5.74, 6) is -1.56. The lowest BCUT2D eigenvalue weighted by molar-refractivity contribution is -0.139. The van der Waals surface area contributed by atoms with E-state index >= 15 is 0 Å². The van der Waals surface area contributed by atoms with Crippen LogP contribution in [0.1, 0.15) is 43.9 Å². The van der Waals surface area contributed by atoms with Gasteiger partial charge in [0.15, 0.2) is 0 Å². The highest BCUT2D eigenvalue weighted by Gasteiger charge is 2.33. The first-order chi connectivity index (χ1) is 18.4. The second-order valence-corrected chi connectivity index (χ2v) is 11.6. The Hall–Kier alpha value is -3.72. The standard InChI is InChI=1S/C30H36FN3O4S/c1-6-23(4)32-30(36)24(5)33(19-25-12-8-9-13-27(25)31)29(35)20-34(28-14-10-7-11-22(28)3)39(37,38)26-17-15-21(2)16-18-26/h7-18,23-24H,6,19-20H2,1-5H3,(H,32,36)/t23-,24+/m0/s1. The molecule has 3 aromatic rings. The molecule has 0 aliphatic rings. The quantitative estimate of drug-likeness (QED) is 0.363. The average molecular weight is 554 g/mol. The van der Waals surface area contributed by atoms with Crippen LogP contribution in [0.3, 0.4) is 0 Å². The van der Waals surface area contributed by atoms with E-state index in [9.17, 15) is 22.4 Å². The third kappa shape index (κ3) is 7.23. The summed E-state index contributed by atoms with van der Waals surface area (Å²) in [6, 6.07) is 18.2. The predicted molar refractivity (Wildman–Crippen MR) is 151 cm³/mol. The first-order valence-corrected chi connectivity index (χ1v) is 14.4. The van der Waals surface area contributed by atoms with Crippen molar-refractivity contribution in [2.45, 2.75) is 64.6 Å². The molecule has 1 N–H and O–H groups in total. The zero-order valence-electron chi connectivity index (χ0n) is 23.0. The number of aryl methyl sites for hydroxylation is 2. The van der Waals surface area contributed by atoms with Crippen molar-refractivity contribution < 1.29 is 22.4 Å². The lowest BCUT2D eigenvalue weighted by atomic mass is 10.1. The number of hydrogen-bond donors (Lipinski definition) is 1. The summed E-state index contributed by atoms with van der Waals surface area (Å²) in [6.07, 6.45) is 0.690. The van der Waals surface area contributed by atoms with E-state index in [1.54, 1.807) is 56.3 Å². The zero-order chi connectivity index (χ0) is 28.7. The van der Waals surface area contributed by atoms with Gasteiger partial charge in [-0.3, -0.25) is 13.9 Å². The minimum absolute atomic E-state index is 0.0346. The monoisotopic (exact) mass is 553 g/mol. The fourth-order valence-corrected chi connectivity index (χ4v) is 5.53. The van der Waals surface area contributed by atoms with Crippen LogP contribution in [0, 0.1) is 19.7 Å². The maximum Gasteiger partial charge on any atom is 0.264 e. The fourth-order valence-electron chi connectivity index (χ4n) is 4.05. The number of rotatable bonds is 11. The average Bonchev–Trinajstić information content (AvgIpc) is 2.91. The first kappa shape index (κ1) is 29.8. The van der Waals surface area contributed by atoms with Crippen LogP contribution in [0.25, 0.3) is 0 Å². The molecule has 0 aliphatic heterocycles. The Kier molecular flexibility index (Phi) is 9.86. The van der Waals surface area contributed by atoms with Crippen molar-refractivity contribution >= 4 is 27.5 Å². The number of hydrogen-bond acceptors (Lipinski definition) is 4. The first-order valence-electron chi connectivity index (χ1n) is 12.9. The van der Waals surface area contributed by atoms with Gasteiger partial charge < -0.3 is 10.2 Å². The molecule has 3 rings (SSSR count). The van der Waals surface area contributed by atoms with Crippen LogP contribution in [-0.4, -0.2) is 43.8 Å². The number of halogens is 1. The zero-order valence-corrected chi connectivity index (χ0v) is 23.8. The van der Waals surface area contributed by atoms with Gasteiger partial charge in [0.25, 0.3) is 10.0 Å². The Morgan fingerprint density at radius 1 is 0.923 bits per heavy atom. The molecular formula is C30H36FN3O4S. The van der Waals surface area contributed by atoms with Gasteiger partial charge in [-0.2, -0.15) is 0 Å². The van der Waals surface area contributed by atoms with Crippen molar-refractivity contribution in [1.29, 1.82) is 0 Å². The van der Waals surface area contributed by atoms with Gasteiger partial charge in [-0.25, -0.2) is 12.8 Å². The van der Waals surface area contributed by atoms with E-state index in [-0.39, 0.29) is 23.0 Å². The van der Waals surface area contributed by atoms with E-state index in [1.807, 2.05) is 20.8 Å². The van der Waals surface area contributed by atoms with Crippen LogP contribution in [0.2, 0.25) is 0 Å². The molecule has 9 heteroatoms. The molecule has 0 aliphatic carbocycles. The Morgan fingerprint density at radius 2 is 1.54 bits per heavy atom. The second-order valence-electron chi connectivity index (χ2n) is 9.72. The van der Waals surface area contributed by atoms with Crippen molar-refractivity contribution in [2.75, 3.05) is 10.8 Å². The number of anilines is 1. The highest BCUT2D eigenvalue weighted by atomic mass is 32.2. The number of carbonyl (C=O) groups excluding carboxylic acids is 2. The molecule has 0 radical (unpaired) electrons. The number of carbonyl (C=O) groups is 2. The number of nitrogens with zero attached hydrogens (tertiary/aromatic N) is 2. The topological polar surface area (TPSA) is 86.8 Å². The molecule has 7 nitrogen and oxygen atoms in total. The fraction of sp³-hybridized carbons (Fsp3) is 0.333. The maximum atomic E-state index is 14.6. The van der Waals surface area contributed by atoms with E-state index in [4.69, 9.17) is 0 Å². The summed E-state index contributed by atoms with van der Waals surface area (Å²) in [5, 5.41) is 2.86. The summed E-state index contributed by atoms with van der Waals surface area (Å²) in [7, 11) is -4.16. The molecule has 0 heterocycles. The Bertz CT molecular complexity index is 1410. The maximum absolute atomic E-state index is 14.6. The summed E-state index contributed by atoms with van der Waals surface area (Å²) in [4.78, 5) is 28.2. The Balaban J connectivity index is 2.05. The molecule has 0 bridgehead atoms. The molecule has 2 amide bonds. The normalized spacial score (nSPS) is 12.9. The largest absolute Gasteiger partial charge is 0.352 e. The molecule has 0 fully saturated rings. The Morgan fingerprint density at radius 3 is 2.15 bits per heavy atom. The lowest BCUT2D eigenvalue weighted by Gasteiger charge is -2.33. The van der Waals surface area contributed by atoms with Gasteiger partial charge in [0, 0.05) is 18.2 Å². The smallest absolute Gasteiger partial charge is 0.264 e. The van der Waals surface area contributed by atoms with E-state index in [0.717, 1.165) is 9.87 Å². The molecule has 208 valence electrons. The van der Waals surface area contributed by atoms with Crippen molar-refractivity contribution in [3.05, 3.63) is 95.3 Å². The van der Waals surface area contributed by atoms with Gasteiger partial charge in [0.05, 0.1) is 10.6 Å². The summed E-state index contributed by atoms with van der Waals surface area (Å²) in [6.45, 7) is 8.17. The van der Waals surface area contributed by atoms with E-state index in [0.29, 0.717) is 17.7 Å². The molecule has 2 atom stereocenters. The van der Waals surface area contributed by atoms with Crippen molar-refractivity contribution in [1.82, 2.24) is 10.2 Å². The Labute approximate surface area is 230 Å². The van der Waals surface area contributed by atoms with Crippen LogP contribution >= 0.6 is 0 Å². The van der Waals surface area contributed by atoms with Crippen molar-refractivity contribution in [3.63, 3.8) is 0 Å². The third-order valence-corrected chi connectivity index (χ3v) is 8.51.